The summed E-state index contributed by atoms with van der Waals surface area (Å²) < 4.78 is 7.60. The number of hydrazone groups is 1. The maximum Gasteiger partial charge on any atom is 0.283 e. The molecule has 4 heterocycles. The molecule has 0 saturated heterocycles. The number of nitrogens with one attached hydrogen (secondary N) is 1. The lowest BCUT2D eigenvalue weighted by atomic mass is 10.1. The zero-order valence-electron chi connectivity index (χ0n) is 17.6. The van der Waals surface area contributed by atoms with Crippen LogP contribution in [0.2, 0.25) is 0 Å². The second kappa shape index (κ2) is 7.92. The van der Waals surface area contributed by atoms with Crippen LogP contribution in [-0.4, -0.2) is 38.6 Å². The summed E-state index contributed by atoms with van der Waals surface area (Å²) >= 11 is 2.87. The van der Waals surface area contributed by atoms with E-state index in [9.17, 15) is 4.79 Å². The minimum Gasteiger partial charge on any atom is -0.495 e. The van der Waals surface area contributed by atoms with Crippen LogP contribution in [0.25, 0.3) is 11.8 Å². The summed E-state index contributed by atoms with van der Waals surface area (Å²) in [7, 11) is 1.65. The monoisotopic (exact) mass is 461 g/mol. The van der Waals surface area contributed by atoms with Crippen molar-refractivity contribution < 1.29 is 9.53 Å². The van der Waals surface area contributed by atoms with E-state index in [2.05, 4.69) is 14.7 Å². The number of ether oxygens (including phenoxy) is 1. The number of hydrogen-bond donors (Lipinski definition) is 1. The van der Waals surface area contributed by atoms with Crippen molar-refractivity contribution in [1.29, 1.82) is 5.41 Å². The Morgan fingerprint density at radius 3 is 2.72 bits per heavy atom. The number of nitrogens with zero attached hydrogens (tertiary/aromatic N) is 4. The van der Waals surface area contributed by atoms with Gasteiger partial charge in [-0.3, -0.25) is 10.2 Å². The Morgan fingerprint density at radius 2 is 1.97 bits per heavy atom. The van der Waals surface area contributed by atoms with Gasteiger partial charge in [-0.1, -0.05) is 18.2 Å². The molecule has 0 aliphatic carbocycles. The molecule has 5 rings (SSSR count). The van der Waals surface area contributed by atoms with Crippen LogP contribution in [0.1, 0.15) is 21.8 Å². The predicted molar refractivity (Wildman–Crippen MR) is 130 cm³/mol. The smallest absolute Gasteiger partial charge is 0.283 e. The number of hydrogen-bond acceptors (Lipinski definition) is 6. The van der Waals surface area contributed by atoms with Crippen molar-refractivity contribution in [1.82, 2.24) is 9.58 Å². The first kappa shape index (κ1) is 20.5. The van der Waals surface area contributed by atoms with Crippen molar-refractivity contribution in [3.05, 3.63) is 75.2 Å². The van der Waals surface area contributed by atoms with E-state index in [0.29, 0.717) is 5.17 Å². The van der Waals surface area contributed by atoms with Gasteiger partial charge < -0.3 is 9.30 Å². The van der Waals surface area contributed by atoms with E-state index >= 15 is 0 Å². The molecule has 1 amide bonds. The Hall–Kier alpha value is -3.43. The molecular formula is C23H19N5O2S2. The van der Waals surface area contributed by atoms with E-state index in [1.54, 1.807) is 24.5 Å². The minimum atomic E-state index is -0.432. The van der Waals surface area contributed by atoms with Crippen LogP contribution in [0.4, 0.5) is 0 Å². The van der Waals surface area contributed by atoms with E-state index in [1.165, 1.54) is 16.8 Å². The highest BCUT2D eigenvalue weighted by atomic mass is 32.2. The molecule has 2 aromatic heterocycles. The Balaban J connectivity index is 1.54. The Labute approximate surface area is 193 Å². The lowest BCUT2D eigenvalue weighted by Gasteiger charge is -2.20. The topological polar surface area (TPSA) is 83.0 Å². The second-order valence-corrected chi connectivity index (χ2v) is 9.14. The quantitative estimate of drug-likeness (QED) is 0.564. The standard InChI is InChI=1S/C23H19N5O2S2/c1-13-11-15(14(2)27(13)17-7-4-5-8-18(17)30-3)12-16-20(24)28-23(25-21(16)29)32-22(26-28)19-9-6-10-31-19/h4-12,24H,1-3H3. The number of carbonyl (C=O) groups excluding carboxylic acids is 1. The van der Waals surface area contributed by atoms with Crippen LogP contribution in [0.15, 0.2) is 63.5 Å². The van der Waals surface area contributed by atoms with Gasteiger partial charge in [0, 0.05) is 11.4 Å². The van der Waals surface area contributed by atoms with Gasteiger partial charge in [0.1, 0.15) is 10.8 Å². The molecule has 32 heavy (non-hydrogen) atoms. The van der Waals surface area contributed by atoms with Crippen LogP contribution in [-0.2, 0) is 4.79 Å². The van der Waals surface area contributed by atoms with Gasteiger partial charge >= 0.3 is 0 Å². The predicted octanol–water partition coefficient (Wildman–Crippen LogP) is 4.83. The molecular weight excluding hydrogens is 442 g/mol. The van der Waals surface area contributed by atoms with Crippen molar-refractivity contribution in [2.24, 2.45) is 10.1 Å². The summed E-state index contributed by atoms with van der Waals surface area (Å²) in [5.41, 5.74) is 3.91. The fourth-order valence-corrected chi connectivity index (χ4v) is 5.45. The molecule has 9 heteroatoms. The number of thioether (sulfide) groups is 1. The van der Waals surface area contributed by atoms with Gasteiger partial charge in [-0.2, -0.15) is 15.1 Å². The first-order valence-electron chi connectivity index (χ1n) is 9.84. The number of aryl methyl sites for hydroxylation is 1. The summed E-state index contributed by atoms with van der Waals surface area (Å²) in [6.07, 6.45) is 1.72. The molecule has 3 aromatic rings. The molecule has 2 aliphatic rings. The third-order valence-electron chi connectivity index (χ3n) is 5.28. The van der Waals surface area contributed by atoms with Crippen LogP contribution in [0.5, 0.6) is 5.75 Å². The highest BCUT2D eigenvalue weighted by Crippen LogP contribution is 2.33. The average Bonchev–Trinajstić information content (AvgIpc) is 3.51. The third kappa shape index (κ3) is 3.30. The lowest BCUT2D eigenvalue weighted by Crippen LogP contribution is -2.35. The highest BCUT2D eigenvalue weighted by molar-refractivity contribution is 8.27. The Bertz CT molecular complexity index is 1350. The number of aromatic nitrogens is 1. The molecule has 0 saturated carbocycles. The summed E-state index contributed by atoms with van der Waals surface area (Å²) in [4.78, 5) is 18.0. The van der Waals surface area contributed by atoms with E-state index in [-0.39, 0.29) is 11.4 Å². The van der Waals surface area contributed by atoms with E-state index in [4.69, 9.17) is 10.1 Å². The SMILES string of the molecule is COc1ccccc1-n1c(C)cc(C=C2C(=N)N3N=C(c4cccs4)SC3=NC2=O)c1C. The largest absolute Gasteiger partial charge is 0.495 e. The van der Waals surface area contributed by atoms with Crippen molar-refractivity contribution >= 4 is 51.1 Å². The maximum absolute atomic E-state index is 12.8. The van der Waals surface area contributed by atoms with E-state index in [1.807, 2.05) is 61.7 Å². The van der Waals surface area contributed by atoms with Gasteiger partial charge in [0.25, 0.3) is 5.91 Å². The first-order chi connectivity index (χ1) is 15.5. The lowest BCUT2D eigenvalue weighted by molar-refractivity contribution is -0.114. The van der Waals surface area contributed by atoms with Crippen LogP contribution >= 0.6 is 23.1 Å². The summed E-state index contributed by atoms with van der Waals surface area (Å²) in [6.45, 7) is 3.98. The Kier molecular flexibility index (Phi) is 5.07. The summed E-state index contributed by atoms with van der Waals surface area (Å²) in [6, 6.07) is 13.7. The number of amidine groups is 2. The number of para-hydroxylation sites is 2. The summed E-state index contributed by atoms with van der Waals surface area (Å²) in [5, 5.41) is 17.7. The van der Waals surface area contributed by atoms with Gasteiger partial charge in [-0.25, -0.2) is 0 Å². The molecule has 2 aliphatic heterocycles. The molecule has 0 atom stereocenters. The van der Waals surface area contributed by atoms with Gasteiger partial charge in [0.15, 0.2) is 5.84 Å². The zero-order valence-corrected chi connectivity index (χ0v) is 19.3. The number of thiophene rings is 1. The van der Waals surface area contributed by atoms with Crippen molar-refractivity contribution in [2.75, 3.05) is 7.11 Å². The van der Waals surface area contributed by atoms with Gasteiger partial charge in [0.05, 0.1) is 23.2 Å². The van der Waals surface area contributed by atoms with Crippen LogP contribution in [0, 0.1) is 19.3 Å². The van der Waals surface area contributed by atoms with Crippen molar-refractivity contribution in [3.63, 3.8) is 0 Å². The normalized spacial score (nSPS) is 17.0. The zero-order chi connectivity index (χ0) is 22.4. The molecule has 160 valence electrons. The number of rotatable bonds is 4. The van der Waals surface area contributed by atoms with Crippen molar-refractivity contribution in [3.8, 4) is 11.4 Å². The molecule has 1 aromatic carbocycles. The molecule has 0 bridgehead atoms. The molecule has 0 unspecified atom stereocenters. The van der Waals surface area contributed by atoms with Gasteiger partial charge in [0.2, 0.25) is 5.17 Å². The fourth-order valence-electron chi connectivity index (χ4n) is 3.77. The molecule has 0 spiro atoms. The summed E-state index contributed by atoms with van der Waals surface area (Å²) in [5.74, 6) is 0.355. The highest BCUT2D eigenvalue weighted by Gasteiger charge is 2.36. The number of aliphatic imine (C=N–C) groups is 1. The average molecular weight is 462 g/mol. The van der Waals surface area contributed by atoms with Gasteiger partial charge in [-0.15, -0.1) is 11.3 Å². The molecule has 0 radical (unpaired) electrons. The van der Waals surface area contributed by atoms with E-state index < -0.39 is 5.91 Å². The van der Waals surface area contributed by atoms with Crippen LogP contribution in [0.3, 0.4) is 0 Å². The maximum atomic E-state index is 12.8. The number of amides is 1. The van der Waals surface area contributed by atoms with Crippen LogP contribution < -0.4 is 4.74 Å². The Morgan fingerprint density at radius 1 is 1.16 bits per heavy atom. The molecule has 7 nitrogen and oxygen atoms in total. The number of benzene rings is 1. The number of carbonyl (C=O) groups is 1. The fraction of sp³-hybridized carbons (Fsp3) is 0.130. The van der Waals surface area contributed by atoms with Gasteiger partial charge in [-0.05, 0) is 66.9 Å². The third-order valence-corrected chi connectivity index (χ3v) is 7.23. The second-order valence-electron chi connectivity index (χ2n) is 7.24. The molecule has 1 N–H and O–H groups in total. The molecule has 0 fully saturated rings. The van der Waals surface area contributed by atoms with E-state index in [0.717, 1.165) is 38.3 Å². The number of methoxy groups -OCH3 is 1. The first-order valence-corrected chi connectivity index (χ1v) is 11.5. The van der Waals surface area contributed by atoms with Crippen molar-refractivity contribution in [2.45, 2.75) is 13.8 Å². The number of fused-ring (bicyclic) bond motifs is 1. The minimum absolute atomic E-state index is 0.0288.